The van der Waals surface area contributed by atoms with Gasteiger partial charge in [0.25, 0.3) is 0 Å². The molecule has 0 fully saturated rings. The van der Waals surface area contributed by atoms with E-state index in [9.17, 15) is 9.59 Å². The fourth-order valence-corrected chi connectivity index (χ4v) is 4.24. The molecule has 1 aliphatic rings. The average molecular weight is 433 g/mol. The lowest BCUT2D eigenvalue weighted by Gasteiger charge is -2.38. The van der Waals surface area contributed by atoms with Crippen molar-refractivity contribution in [2.45, 2.75) is 90.3 Å². The molecule has 0 aliphatic carbocycles. The molecule has 0 bridgehead atoms. The SMILES string of the molecule is CC(=O)OC(CCCCCc1ccccc1)C1=CC(=O)OC1O[Si](C)(C)C(C)(C)C. The van der Waals surface area contributed by atoms with Crippen LogP contribution in [0.4, 0.5) is 0 Å². The molecule has 0 radical (unpaired) electrons. The van der Waals surface area contributed by atoms with Gasteiger partial charge in [0.1, 0.15) is 6.10 Å². The zero-order chi connectivity index (χ0) is 22.4. The first-order valence-electron chi connectivity index (χ1n) is 10.8. The van der Waals surface area contributed by atoms with Crippen LogP contribution in [0.1, 0.15) is 58.9 Å². The molecule has 1 heterocycles. The first-order valence-corrected chi connectivity index (χ1v) is 13.7. The van der Waals surface area contributed by atoms with Crippen molar-refractivity contribution in [2.75, 3.05) is 0 Å². The summed E-state index contributed by atoms with van der Waals surface area (Å²) >= 11 is 0. The van der Waals surface area contributed by atoms with Gasteiger partial charge in [-0.1, -0.05) is 57.5 Å². The topological polar surface area (TPSA) is 61.8 Å². The van der Waals surface area contributed by atoms with Gasteiger partial charge in [-0.3, -0.25) is 4.79 Å². The maximum atomic E-state index is 12.0. The summed E-state index contributed by atoms with van der Waals surface area (Å²) in [6.07, 6.45) is 4.82. The molecule has 0 spiro atoms. The lowest BCUT2D eigenvalue weighted by molar-refractivity contribution is -0.152. The van der Waals surface area contributed by atoms with Gasteiger partial charge in [0.15, 0.2) is 8.32 Å². The Morgan fingerprint density at radius 2 is 1.80 bits per heavy atom. The van der Waals surface area contributed by atoms with E-state index >= 15 is 0 Å². The third-order valence-electron chi connectivity index (χ3n) is 5.94. The monoisotopic (exact) mass is 432 g/mol. The van der Waals surface area contributed by atoms with Crippen molar-refractivity contribution in [3.63, 3.8) is 0 Å². The molecule has 0 saturated carbocycles. The summed E-state index contributed by atoms with van der Waals surface area (Å²) in [5.74, 6) is -0.800. The molecule has 2 unspecified atom stereocenters. The molecule has 0 saturated heterocycles. The highest BCUT2D eigenvalue weighted by molar-refractivity contribution is 6.74. The zero-order valence-corrected chi connectivity index (χ0v) is 20.2. The smallest absolute Gasteiger partial charge is 0.333 e. The number of carbonyl (C=O) groups excluding carboxylic acids is 2. The number of benzene rings is 1. The maximum Gasteiger partial charge on any atom is 0.333 e. The van der Waals surface area contributed by atoms with E-state index in [0.717, 1.165) is 25.7 Å². The minimum absolute atomic E-state index is 0.0263. The standard InChI is InChI=1S/C24H36O5Si/c1-18(25)27-21(16-12-8-11-15-19-13-9-7-10-14-19)20-17-22(26)28-23(20)29-30(5,6)24(2,3)4/h7,9-10,13-14,17,21,23H,8,11-12,15-16H2,1-6H3. The first-order chi connectivity index (χ1) is 14.0. The van der Waals surface area contributed by atoms with E-state index in [0.29, 0.717) is 12.0 Å². The van der Waals surface area contributed by atoms with Gasteiger partial charge in [0.05, 0.1) is 0 Å². The molecule has 5 nitrogen and oxygen atoms in total. The molecule has 2 atom stereocenters. The number of aryl methyl sites for hydroxylation is 1. The van der Waals surface area contributed by atoms with Gasteiger partial charge in [-0.25, -0.2) is 4.79 Å². The summed E-state index contributed by atoms with van der Waals surface area (Å²) < 4.78 is 17.3. The lowest BCUT2D eigenvalue weighted by atomic mass is 10.0. The van der Waals surface area contributed by atoms with Crippen LogP contribution in [0.5, 0.6) is 0 Å². The Balaban J connectivity index is 1.98. The first kappa shape index (κ1) is 24.3. The Kier molecular flexibility index (Phi) is 8.44. The average Bonchev–Trinajstić information content (AvgIpc) is 2.99. The molecule has 1 aromatic rings. The summed E-state index contributed by atoms with van der Waals surface area (Å²) in [4.78, 5) is 23.7. The Labute approximate surface area is 181 Å². The normalized spacial score (nSPS) is 18.0. The van der Waals surface area contributed by atoms with E-state index in [4.69, 9.17) is 13.9 Å². The van der Waals surface area contributed by atoms with E-state index in [1.54, 1.807) is 0 Å². The fourth-order valence-electron chi connectivity index (χ4n) is 3.17. The van der Waals surface area contributed by atoms with Gasteiger partial charge in [-0.15, -0.1) is 0 Å². The molecule has 1 aliphatic heterocycles. The Morgan fingerprint density at radius 1 is 1.13 bits per heavy atom. The number of carbonyl (C=O) groups is 2. The Morgan fingerprint density at radius 3 is 2.40 bits per heavy atom. The minimum atomic E-state index is -2.17. The number of rotatable bonds is 10. The van der Waals surface area contributed by atoms with Gasteiger partial charge in [0, 0.05) is 18.6 Å². The molecule has 2 rings (SSSR count). The van der Waals surface area contributed by atoms with Crippen LogP contribution in [-0.2, 0) is 29.9 Å². The van der Waals surface area contributed by atoms with Crippen molar-refractivity contribution in [2.24, 2.45) is 0 Å². The molecule has 30 heavy (non-hydrogen) atoms. The van der Waals surface area contributed by atoms with Crippen molar-refractivity contribution >= 4 is 20.3 Å². The van der Waals surface area contributed by atoms with E-state index in [1.807, 2.05) is 6.07 Å². The predicted molar refractivity (Wildman–Crippen MR) is 120 cm³/mol. The molecule has 0 amide bonds. The van der Waals surface area contributed by atoms with E-state index in [-0.39, 0.29) is 11.0 Å². The highest BCUT2D eigenvalue weighted by atomic mass is 28.4. The zero-order valence-electron chi connectivity index (χ0n) is 19.2. The van der Waals surface area contributed by atoms with Crippen LogP contribution in [0.25, 0.3) is 0 Å². The second-order valence-corrected chi connectivity index (χ2v) is 14.2. The van der Waals surface area contributed by atoms with Crippen LogP contribution in [-0.4, -0.2) is 32.6 Å². The highest BCUT2D eigenvalue weighted by Gasteiger charge is 2.44. The summed E-state index contributed by atoms with van der Waals surface area (Å²) in [5.41, 5.74) is 1.96. The van der Waals surface area contributed by atoms with Crippen LogP contribution >= 0.6 is 0 Å². The highest BCUT2D eigenvalue weighted by Crippen LogP contribution is 2.39. The van der Waals surface area contributed by atoms with E-state index < -0.39 is 26.7 Å². The summed E-state index contributed by atoms with van der Waals surface area (Å²) in [6.45, 7) is 12.0. The Bertz CT molecular complexity index is 749. The van der Waals surface area contributed by atoms with Crippen molar-refractivity contribution in [3.05, 3.63) is 47.5 Å². The predicted octanol–water partition coefficient (Wildman–Crippen LogP) is 5.55. The van der Waals surface area contributed by atoms with Crippen molar-refractivity contribution < 1.29 is 23.5 Å². The van der Waals surface area contributed by atoms with Crippen LogP contribution < -0.4 is 0 Å². The number of ether oxygens (including phenoxy) is 2. The number of hydrogen-bond acceptors (Lipinski definition) is 5. The van der Waals surface area contributed by atoms with E-state index in [1.165, 1.54) is 18.6 Å². The molecular formula is C24H36O5Si. The summed E-state index contributed by atoms with van der Waals surface area (Å²) in [5, 5.41) is -0.0263. The second-order valence-electron chi connectivity index (χ2n) is 9.47. The third kappa shape index (κ3) is 7.09. The van der Waals surface area contributed by atoms with Gasteiger partial charge in [0.2, 0.25) is 6.29 Å². The van der Waals surface area contributed by atoms with Gasteiger partial charge in [-0.05, 0) is 49.4 Å². The van der Waals surface area contributed by atoms with Crippen LogP contribution in [0, 0.1) is 0 Å². The largest absolute Gasteiger partial charge is 0.458 e. The lowest BCUT2D eigenvalue weighted by Crippen LogP contribution is -2.45. The van der Waals surface area contributed by atoms with Gasteiger partial charge < -0.3 is 13.9 Å². The van der Waals surface area contributed by atoms with Crippen molar-refractivity contribution in [3.8, 4) is 0 Å². The number of cyclic esters (lactones) is 1. The number of esters is 2. The van der Waals surface area contributed by atoms with Crippen LogP contribution in [0.3, 0.4) is 0 Å². The third-order valence-corrected chi connectivity index (χ3v) is 10.4. The molecule has 166 valence electrons. The van der Waals surface area contributed by atoms with Crippen LogP contribution in [0.15, 0.2) is 42.0 Å². The van der Waals surface area contributed by atoms with Gasteiger partial charge >= 0.3 is 11.9 Å². The van der Waals surface area contributed by atoms with Crippen LogP contribution in [0.2, 0.25) is 18.1 Å². The summed E-state index contributed by atoms with van der Waals surface area (Å²) in [7, 11) is -2.17. The quantitative estimate of drug-likeness (QED) is 0.275. The van der Waals surface area contributed by atoms with Gasteiger partial charge in [-0.2, -0.15) is 0 Å². The Hall–Kier alpha value is -1.92. The molecule has 1 aromatic carbocycles. The van der Waals surface area contributed by atoms with E-state index in [2.05, 4.69) is 58.1 Å². The molecular weight excluding hydrogens is 396 g/mol. The molecule has 6 heteroatoms. The summed E-state index contributed by atoms with van der Waals surface area (Å²) in [6, 6.07) is 10.4. The number of hydrogen-bond donors (Lipinski definition) is 0. The van der Waals surface area contributed by atoms with Crippen molar-refractivity contribution in [1.29, 1.82) is 0 Å². The molecule has 0 N–H and O–H groups in total. The van der Waals surface area contributed by atoms with Crippen molar-refractivity contribution in [1.82, 2.24) is 0 Å². The maximum absolute atomic E-state index is 12.0. The fraction of sp³-hybridized carbons (Fsp3) is 0.583. The second kappa shape index (κ2) is 10.4. The molecule has 0 aromatic heterocycles. The minimum Gasteiger partial charge on any atom is -0.458 e. The number of unbranched alkanes of at least 4 members (excludes halogenated alkanes) is 2.